The van der Waals surface area contributed by atoms with E-state index < -0.39 is 0 Å². The van der Waals surface area contributed by atoms with Gasteiger partial charge in [-0.25, -0.2) is 0 Å². The molecule has 106 valence electrons. The maximum Gasteiger partial charge on any atom is 0.0537 e. The Bertz CT molecular complexity index is 244. The summed E-state index contributed by atoms with van der Waals surface area (Å²) in [5.41, 5.74) is 0.644. The molecule has 1 saturated heterocycles. The maximum atomic E-state index is 5.86. The number of ether oxygens (including phenoxy) is 1. The molecule has 1 unspecified atom stereocenters. The highest BCUT2D eigenvalue weighted by Gasteiger charge is 2.41. The summed E-state index contributed by atoms with van der Waals surface area (Å²) < 4.78 is 5.86. The van der Waals surface area contributed by atoms with Crippen LogP contribution >= 0.6 is 0 Å². The highest BCUT2D eigenvalue weighted by Crippen LogP contribution is 2.43. The van der Waals surface area contributed by atoms with Crippen molar-refractivity contribution in [2.75, 3.05) is 19.8 Å². The van der Waals surface area contributed by atoms with Crippen LogP contribution in [0.1, 0.15) is 65.7 Å². The molecule has 2 nitrogen and oxygen atoms in total. The first-order valence-electron chi connectivity index (χ1n) is 7.85. The third-order valence-electron chi connectivity index (χ3n) is 4.79. The normalized spacial score (nSPS) is 31.5. The van der Waals surface area contributed by atoms with Gasteiger partial charge in [-0.05, 0) is 52.4 Å². The molecule has 1 N–H and O–H groups in total. The molecule has 0 bridgehead atoms. The van der Waals surface area contributed by atoms with Gasteiger partial charge in [0.05, 0.1) is 6.61 Å². The van der Waals surface area contributed by atoms with E-state index in [0.29, 0.717) is 5.41 Å². The second-order valence-corrected chi connectivity index (χ2v) is 7.46. The van der Waals surface area contributed by atoms with Crippen molar-refractivity contribution in [1.29, 1.82) is 0 Å². The van der Waals surface area contributed by atoms with Crippen LogP contribution in [0.2, 0.25) is 0 Å². The Hall–Kier alpha value is -0.0800. The van der Waals surface area contributed by atoms with Gasteiger partial charge in [0.15, 0.2) is 0 Å². The molecule has 2 heteroatoms. The number of hydrogen-bond acceptors (Lipinski definition) is 2. The fourth-order valence-electron chi connectivity index (χ4n) is 3.64. The maximum absolute atomic E-state index is 5.86. The summed E-state index contributed by atoms with van der Waals surface area (Å²) in [6.07, 6.45) is 9.78. The van der Waals surface area contributed by atoms with Gasteiger partial charge < -0.3 is 10.1 Å². The minimum absolute atomic E-state index is 0.221. The Morgan fingerprint density at radius 2 is 1.83 bits per heavy atom. The van der Waals surface area contributed by atoms with E-state index in [1.165, 1.54) is 44.9 Å². The summed E-state index contributed by atoms with van der Waals surface area (Å²) in [4.78, 5) is 0. The van der Waals surface area contributed by atoms with Crippen LogP contribution in [-0.2, 0) is 4.74 Å². The van der Waals surface area contributed by atoms with E-state index in [1.807, 2.05) is 0 Å². The van der Waals surface area contributed by atoms with E-state index in [9.17, 15) is 0 Å². The number of nitrogens with one attached hydrogen (secondary N) is 1. The van der Waals surface area contributed by atoms with Crippen LogP contribution in [0.25, 0.3) is 0 Å². The SMILES string of the molecule is CC(C)(C)NCC1(C2CCCCC2)CCCOC1. The molecular formula is C16H31NO. The van der Waals surface area contributed by atoms with Gasteiger partial charge in [0.25, 0.3) is 0 Å². The van der Waals surface area contributed by atoms with E-state index in [1.54, 1.807) is 0 Å². The third-order valence-corrected chi connectivity index (χ3v) is 4.79. The van der Waals surface area contributed by atoms with Gasteiger partial charge in [0.1, 0.15) is 0 Å². The van der Waals surface area contributed by atoms with E-state index in [2.05, 4.69) is 26.1 Å². The molecule has 1 saturated carbocycles. The predicted molar refractivity (Wildman–Crippen MR) is 76.8 cm³/mol. The molecule has 2 aliphatic rings. The van der Waals surface area contributed by atoms with Crippen LogP contribution in [0.5, 0.6) is 0 Å². The molecule has 0 aromatic carbocycles. The van der Waals surface area contributed by atoms with Crippen LogP contribution in [0.4, 0.5) is 0 Å². The van der Waals surface area contributed by atoms with E-state index >= 15 is 0 Å². The van der Waals surface area contributed by atoms with Crippen molar-refractivity contribution in [3.63, 3.8) is 0 Å². The van der Waals surface area contributed by atoms with E-state index in [-0.39, 0.29) is 5.54 Å². The minimum Gasteiger partial charge on any atom is -0.381 e. The second-order valence-electron chi connectivity index (χ2n) is 7.46. The van der Waals surface area contributed by atoms with Crippen molar-refractivity contribution in [3.05, 3.63) is 0 Å². The van der Waals surface area contributed by atoms with Crippen LogP contribution < -0.4 is 5.32 Å². The lowest BCUT2D eigenvalue weighted by atomic mass is 9.66. The zero-order chi connectivity index (χ0) is 13.1. The molecule has 18 heavy (non-hydrogen) atoms. The first kappa shape index (κ1) is 14.3. The average molecular weight is 253 g/mol. The summed E-state index contributed by atoms with van der Waals surface area (Å²) in [5, 5.41) is 3.75. The van der Waals surface area contributed by atoms with Crippen LogP contribution in [0, 0.1) is 11.3 Å². The summed E-state index contributed by atoms with van der Waals surface area (Å²) in [5.74, 6) is 0.890. The number of hydrogen-bond donors (Lipinski definition) is 1. The molecular weight excluding hydrogens is 222 g/mol. The van der Waals surface area contributed by atoms with Gasteiger partial charge in [-0.1, -0.05) is 19.3 Å². The van der Waals surface area contributed by atoms with Crippen molar-refractivity contribution in [3.8, 4) is 0 Å². The summed E-state index contributed by atoms with van der Waals surface area (Å²) >= 11 is 0. The monoisotopic (exact) mass is 253 g/mol. The molecule has 0 radical (unpaired) electrons. The Morgan fingerprint density at radius 1 is 1.11 bits per heavy atom. The van der Waals surface area contributed by atoms with Crippen molar-refractivity contribution < 1.29 is 4.74 Å². The van der Waals surface area contributed by atoms with Crippen molar-refractivity contribution in [2.45, 2.75) is 71.3 Å². The highest BCUT2D eigenvalue weighted by molar-refractivity contribution is 4.93. The van der Waals surface area contributed by atoms with Crippen LogP contribution in [0.15, 0.2) is 0 Å². The van der Waals surface area contributed by atoms with Crippen molar-refractivity contribution >= 4 is 0 Å². The first-order chi connectivity index (χ1) is 8.52. The lowest BCUT2D eigenvalue weighted by molar-refractivity contribution is -0.0534. The fraction of sp³-hybridized carbons (Fsp3) is 1.00. The molecule has 1 heterocycles. The molecule has 0 aromatic rings. The molecule has 1 aliphatic heterocycles. The lowest BCUT2D eigenvalue weighted by Gasteiger charge is -2.46. The lowest BCUT2D eigenvalue weighted by Crippen LogP contribution is -2.51. The molecule has 2 rings (SSSR count). The summed E-state index contributed by atoms with van der Waals surface area (Å²) in [6.45, 7) is 9.91. The number of rotatable bonds is 3. The zero-order valence-electron chi connectivity index (χ0n) is 12.6. The topological polar surface area (TPSA) is 21.3 Å². The van der Waals surface area contributed by atoms with Crippen molar-refractivity contribution in [1.82, 2.24) is 5.32 Å². The van der Waals surface area contributed by atoms with Gasteiger partial charge in [-0.15, -0.1) is 0 Å². The smallest absolute Gasteiger partial charge is 0.0537 e. The fourth-order valence-corrected chi connectivity index (χ4v) is 3.64. The summed E-state index contributed by atoms with van der Waals surface area (Å²) in [6, 6.07) is 0. The Labute approximate surface area is 113 Å². The van der Waals surface area contributed by atoms with Gasteiger partial charge >= 0.3 is 0 Å². The van der Waals surface area contributed by atoms with Gasteiger partial charge in [0, 0.05) is 24.1 Å². The molecule has 0 aromatic heterocycles. The van der Waals surface area contributed by atoms with Crippen LogP contribution in [0.3, 0.4) is 0 Å². The Kier molecular flexibility index (Phi) is 4.71. The Morgan fingerprint density at radius 3 is 2.39 bits per heavy atom. The molecule has 1 aliphatic carbocycles. The first-order valence-corrected chi connectivity index (χ1v) is 7.85. The molecule has 0 amide bonds. The van der Waals surface area contributed by atoms with E-state index in [4.69, 9.17) is 4.74 Å². The largest absolute Gasteiger partial charge is 0.381 e. The molecule has 0 spiro atoms. The summed E-state index contributed by atoms with van der Waals surface area (Å²) in [7, 11) is 0. The van der Waals surface area contributed by atoms with Gasteiger partial charge in [-0.2, -0.15) is 0 Å². The van der Waals surface area contributed by atoms with Gasteiger partial charge in [0.2, 0.25) is 0 Å². The average Bonchev–Trinajstić information content (AvgIpc) is 2.38. The van der Waals surface area contributed by atoms with Crippen LogP contribution in [-0.4, -0.2) is 25.3 Å². The molecule has 1 atom stereocenters. The zero-order valence-corrected chi connectivity index (χ0v) is 12.6. The third kappa shape index (κ3) is 3.71. The predicted octanol–water partition coefficient (Wildman–Crippen LogP) is 3.75. The van der Waals surface area contributed by atoms with Crippen molar-refractivity contribution in [2.24, 2.45) is 11.3 Å². The Balaban J connectivity index is 2.01. The minimum atomic E-state index is 0.221. The highest BCUT2D eigenvalue weighted by atomic mass is 16.5. The van der Waals surface area contributed by atoms with Gasteiger partial charge in [-0.3, -0.25) is 0 Å². The quantitative estimate of drug-likeness (QED) is 0.827. The molecule has 2 fully saturated rings. The van der Waals surface area contributed by atoms with E-state index in [0.717, 1.165) is 25.7 Å². The standard InChI is InChI=1S/C16H31NO/c1-15(2,3)17-12-16(10-7-11-18-13-16)14-8-5-4-6-9-14/h14,17H,4-13H2,1-3H3. The second kappa shape index (κ2) is 5.92.